The van der Waals surface area contributed by atoms with Crippen LogP contribution in [-0.4, -0.2) is 18.9 Å². The third kappa shape index (κ3) is 2.64. The van der Waals surface area contributed by atoms with E-state index < -0.39 is 0 Å². The van der Waals surface area contributed by atoms with E-state index in [9.17, 15) is 9.18 Å². The summed E-state index contributed by atoms with van der Waals surface area (Å²) < 4.78 is 18.5. The first-order valence-electron chi connectivity index (χ1n) is 5.71. The number of hydrogen-bond donors (Lipinski definition) is 1. The summed E-state index contributed by atoms with van der Waals surface area (Å²) in [5.41, 5.74) is 6.57. The van der Waals surface area contributed by atoms with Gasteiger partial charge in [-0.15, -0.1) is 0 Å². The van der Waals surface area contributed by atoms with Crippen LogP contribution < -0.4 is 10.5 Å². The van der Waals surface area contributed by atoms with Crippen LogP contribution in [0, 0.1) is 5.82 Å². The summed E-state index contributed by atoms with van der Waals surface area (Å²) in [4.78, 5) is 11.5. The molecule has 3 nitrogen and oxygen atoms in total. The summed E-state index contributed by atoms with van der Waals surface area (Å²) >= 11 is 0. The predicted molar refractivity (Wildman–Crippen MR) is 62.5 cm³/mol. The third-order valence-corrected chi connectivity index (χ3v) is 3.18. The first-order valence-corrected chi connectivity index (χ1v) is 5.71. The molecule has 0 bridgehead atoms. The molecule has 4 heteroatoms. The molecule has 0 aliphatic heterocycles. The van der Waals surface area contributed by atoms with E-state index in [0.717, 1.165) is 5.56 Å². The minimum absolute atomic E-state index is 0.0306. The molecule has 0 heterocycles. The number of benzene rings is 1. The predicted octanol–water partition coefficient (Wildman–Crippen LogP) is 2.00. The van der Waals surface area contributed by atoms with Crippen molar-refractivity contribution in [2.24, 2.45) is 5.73 Å². The Morgan fingerprint density at radius 1 is 1.41 bits per heavy atom. The molecule has 1 aliphatic rings. The Balaban J connectivity index is 2.31. The van der Waals surface area contributed by atoms with E-state index in [0.29, 0.717) is 25.0 Å². The van der Waals surface area contributed by atoms with Gasteiger partial charge in [-0.05, 0) is 30.5 Å². The Morgan fingerprint density at radius 3 is 2.82 bits per heavy atom. The van der Waals surface area contributed by atoms with Crippen LogP contribution in [0.15, 0.2) is 18.2 Å². The van der Waals surface area contributed by atoms with Crippen molar-refractivity contribution in [1.29, 1.82) is 0 Å². The highest BCUT2D eigenvalue weighted by Crippen LogP contribution is 2.36. The normalized spacial score (nSPS) is 24.8. The van der Waals surface area contributed by atoms with Crippen molar-refractivity contribution < 1.29 is 13.9 Å². The molecule has 0 spiro atoms. The maximum Gasteiger partial charge on any atom is 0.135 e. The van der Waals surface area contributed by atoms with Crippen LogP contribution in [0.25, 0.3) is 0 Å². The molecule has 2 atom stereocenters. The molecule has 2 N–H and O–H groups in total. The summed E-state index contributed by atoms with van der Waals surface area (Å²) in [5.74, 6) is 0.419. The van der Waals surface area contributed by atoms with Crippen molar-refractivity contribution in [2.75, 3.05) is 7.11 Å². The SMILES string of the molecule is COc1ccc(F)cc1C1CC(=O)CC(N)C1. The highest BCUT2D eigenvalue weighted by atomic mass is 19.1. The molecule has 17 heavy (non-hydrogen) atoms. The number of halogens is 1. The second-order valence-corrected chi connectivity index (χ2v) is 4.53. The van der Waals surface area contributed by atoms with Crippen molar-refractivity contribution in [3.63, 3.8) is 0 Å². The van der Waals surface area contributed by atoms with Gasteiger partial charge in [0.25, 0.3) is 0 Å². The zero-order chi connectivity index (χ0) is 12.4. The number of ether oxygens (including phenoxy) is 1. The van der Waals surface area contributed by atoms with Crippen molar-refractivity contribution in [3.05, 3.63) is 29.6 Å². The van der Waals surface area contributed by atoms with Gasteiger partial charge < -0.3 is 10.5 Å². The maximum atomic E-state index is 13.3. The van der Waals surface area contributed by atoms with Gasteiger partial charge in [-0.2, -0.15) is 0 Å². The molecule has 2 unspecified atom stereocenters. The molecule has 0 saturated heterocycles. The molecule has 0 aromatic heterocycles. The largest absolute Gasteiger partial charge is 0.496 e. The Hall–Kier alpha value is -1.42. The van der Waals surface area contributed by atoms with Crippen molar-refractivity contribution >= 4 is 5.78 Å². The van der Waals surface area contributed by atoms with Gasteiger partial charge in [-0.25, -0.2) is 4.39 Å². The van der Waals surface area contributed by atoms with Crippen LogP contribution in [-0.2, 0) is 4.79 Å². The Labute approximate surface area is 99.8 Å². The van der Waals surface area contributed by atoms with Crippen LogP contribution in [0.3, 0.4) is 0 Å². The topological polar surface area (TPSA) is 52.3 Å². The van der Waals surface area contributed by atoms with Crippen molar-refractivity contribution in [2.45, 2.75) is 31.2 Å². The summed E-state index contributed by atoms with van der Waals surface area (Å²) in [6.45, 7) is 0. The van der Waals surface area contributed by atoms with E-state index in [2.05, 4.69) is 0 Å². The molecule has 1 aliphatic carbocycles. The first-order chi connectivity index (χ1) is 8.10. The Morgan fingerprint density at radius 2 is 2.18 bits per heavy atom. The van der Waals surface area contributed by atoms with E-state index in [-0.39, 0.29) is 23.6 Å². The number of methoxy groups -OCH3 is 1. The lowest BCUT2D eigenvalue weighted by molar-refractivity contribution is -0.121. The highest BCUT2D eigenvalue weighted by molar-refractivity contribution is 5.81. The number of carbonyl (C=O) groups excluding carboxylic acids is 1. The fourth-order valence-electron chi connectivity index (χ4n) is 2.44. The number of nitrogens with two attached hydrogens (primary N) is 1. The number of ketones is 1. The van der Waals surface area contributed by atoms with Gasteiger partial charge >= 0.3 is 0 Å². The lowest BCUT2D eigenvalue weighted by Gasteiger charge is -2.27. The lowest BCUT2D eigenvalue weighted by atomic mass is 9.80. The Kier molecular flexibility index (Phi) is 3.43. The standard InChI is InChI=1S/C13H16FNO2/c1-17-13-3-2-9(14)6-12(13)8-4-10(15)7-11(16)5-8/h2-3,6,8,10H,4-5,7,15H2,1H3. The monoisotopic (exact) mass is 237 g/mol. The number of rotatable bonds is 2. The molecule has 1 fully saturated rings. The minimum atomic E-state index is -0.313. The molecular weight excluding hydrogens is 221 g/mol. The van der Waals surface area contributed by atoms with E-state index >= 15 is 0 Å². The molecule has 92 valence electrons. The maximum absolute atomic E-state index is 13.3. The molecule has 1 saturated carbocycles. The van der Waals surface area contributed by atoms with Crippen molar-refractivity contribution in [1.82, 2.24) is 0 Å². The third-order valence-electron chi connectivity index (χ3n) is 3.18. The highest BCUT2D eigenvalue weighted by Gasteiger charge is 2.28. The van der Waals surface area contributed by atoms with Crippen molar-refractivity contribution in [3.8, 4) is 5.75 Å². The number of hydrogen-bond acceptors (Lipinski definition) is 3. The van der Waals surface area contributed by atoms with E-state index in [1.54, 1.807) is 13.2 Å². The van der Waals surface area contributed by atoms with Gasteiger partial charge in [0, 0.05) is 24.4 Å². The molecule has 0 radical (unpaired) electrons. The van der Waals surface area contributed by atoms with Crippen LogP contribution in [0.5, 0.6) is 5.75 Å². The second kappa shape index (κ2) is 4.84. The number of Topliss-reactive ketones (excluding diaryl/α,β-unsaturated/α-hetero) is 1. The number of carbonyl (C=O) groups is 1. The molecule has 2 rings (SSSR count). The zero-order valence-electron chi connectivity index (χ0n) is 9.78. The fourth-order valence-corrected chi connectivity index (χ4v) is 2.44. The quantitative estimate of drug-likeness (QED) is 0.855. The van der Waals surface area contributed by atoms with E-state index in [4.69, 9.17) is 10.5 Å². The van der Waals surface area contributed by atoms with Crippen LogP contribution in [0.1, 0.15) is 30.7 Å². The van der Waals surface area contributed by atoms with Gasteiger partial charge in [0.15, 0.2) is 0 Å². The molecule has 1 aromatic carbocycles. The second-order valence-electron chi connectivity index (χ2n) is 4.53. The zero-order valence-corrected chi connectivity index (χ0v) is 9.78. The van der Waals surface area contributed by atoms with Crippen LogP contribution in [0.2, 0.25) is 0 Å². The fraction of sp³-hybridized carbons (Fsp3) is 0.462. The average molecular weight is 237 g/mol. The van der Waals surface area contributed by atoms with E-state index in [1.165, 1.54) is 12.1 Å². The first kappa shape index (κ1) is 12.0. The van der Waals surface area contributed by atoms with Gasteiger partial charge in [0.1, 0.15) is 17.3 Å². The van der Waals surface area contributed by atoms with Crippen LogP contribution in [0.4, 0.5) is 4.39 Å². The summed E-state index contributed by atoms with van der Waals surface area (Å²) in [6.07, 6.45) is 1.55. The van der Waals surface area contributed by atoms with Crippen LogP contribution >= 0.6 is 0 Å². The smallest absolute Gasteiger partial charge is 0.135 e. The molecule has 0 amide bonds. The van der Waals surface area contributed by atoms with Gasteiger partial charge in [0.2, 0.25) is 0 Å². The minimum Gasteiger partial charge on any atom is -0.496 e. The summed E-state index contributed by atoms with van der Waals surface area (Å²) in [7, 11) is 1.54. The average Bonchev–Trinajstić information content (AvgIpc) is 2.27. The summed E-state index contributed by atoms with van der Waals surface area (Å²) in [6, 6.07) is 4.26. The molecule has 1 aromatic rings. The molecular formula is C13H16FNO2. The summed E-state index contributed by atoms with van der Waals surface area (Å²) in [5, 5.41) is 0. The Bertz CT molecular complexity index is 433. The van der Waals surface area contributed by atoms with Gasteiger partial charge in [-0.3, -0.25) is 4.79 Å². The van der Waals surface area contributed by atoms with Gasteiger partial charge in [0.05, 0.1) is 7.11 Å². The van der Waals surface area contributed by atoms with E-state index in [1.807, 2.05) is 0 Å². The van der Waals surface area contributed by atoms with Gasteiger partial charge in [-0.1, -0.05) is 0 Å². The lowest BCUT2D eigenvalue weighted by Crippen LogP contribution is -2.32.